The van der Waals surface area contributed by atoms with Crippen molar-refractivity contribution in [1.82, 2.24) is 0 Å². The van der Waals surface area contributed by atoms with E-state index in [1.165, 1.54) is 0 Å². The number of hydrogen-bond donors (Lipinski definition) is 2. The molecule has 0 amide bonds. The van der Waals surface area contributed by atoms with Crippen molar-refractivity contribution < 1.29 is 19.7 Å². The van der Waals surface area contributed by atoms with Crippen LogP contribution in [0, 0.1) is 5.41 Å². The second-order valence-corrected chi connectivity index (χ2v) is 7.51. The summed E-state index contributed by atoms with van der Waals surface area (Å²) in [5.41, 5.74) is -0.638. The Balaban J connectivity index is 1.97. The summed E-state index contributed by atoms with van der Waals surface area (Å²) < 4.78 is 11.2. The van der Waals surface area contributed by atoms with E-state index in [-0.39, 0.29) is 19.5 Å². The van der Waals surface area contributed by atoms with E-state index >= 15 is 0 Å². The van der Waals surface area contributed by atoms with E-state index in [2.05, 4.69) is 67.7 Å². The second-order valence-electron chi connectivity index (χ2n) is 7.51. The minimum Gasteiger partial charge on any atom is -0.396 e. The van der Waals surface area contributed by atoms with Gasteiger partial charge in [-0.2, -0.15) is 0 Å². The number of aliphatic hydroxyl groups excluding tert-OH is 2. The van der Waals surface area contributed by atoms with Gasteiger partial charge in [0, 0.05) is 0 Å². The van der Waals surface area contributed by atoms with Crippen molar-refractivity contribution in [3.63, 3.8) is 0 Å². The number of rotatable bonds is 15. The van der Waals surface area contributed by atoms with Gasteiger partial charge in [0.2, 0.25) is 0 Å². The molecule has 2 N–H and O–H groups in total. The molecule has 1 heterocycles. The van der Waals surface area contributed by atoms with Gasteiger partial charge in [-0.1, -0.05) is 67.7 Å². The molecule has 0 aromatic rings. The Morgan fingerprint density at radius 1 is 0.724 bits per heavy atom. The van der Waals surface area contributed by atoms with Gasteiger partial charge in [0.1, 0.15) is 0 Å². The number of aliphatic hydroxyl groups is 2. The van der Waals surface area contributed by atoms with Crippen molar-refractivity contribution in [3.05, 3.63) is 60.8 Å². The number of hydrogen-bond acceptors (Lipinski definition) is 4. The Hall–Kier alpha value is -1.46. The topological polar surface area (TPSA) is 58.9 Å². The normalized spacial score (nSPS) is 18.4. The predicted molar refractivity (Wildman–Crippen MR) is 121 cm³/mol. The maximum atomic E-state index is 9.32. The number of unbranched alkanes of at least 4 members (excludes halogenated alkanes) is 1. The molecule has 0 bridgehead atoms. The van der Waals surface area contributed by atoms with Crippen LogP contribution in [0.5, 0.6) is 0 Å². The third-order valence-corrected chi connectivity index (χ3v) is 4.79. The molecule has 1 rings (SSSR count). The lowest BCUT2D eigenvalue weighted by atomic mass is 9.92. The van der Waals surface area contributed by atoms with E-state index < -0.39 is 5.41 Å². The van der Waals surface area contributed by atoms with Crippen LogP contribution in [0.25, 0.3) is 0 Å². The fourth-order valence-electron chi connectivity index (χ4n) is 2.80. The Bertz CT molecular complexity index is 517. The molecule has 0 radical (unpaired) electrons. The number of allylic oxidation sites excluding steroid dienone is 10. The zero-order valence-corrected chi connectivity index (χ0v) is 18.0. The lowest BCUT2D eigenvalue weighted by Crippen LogP contribution is -2.46. The first-order valence-electron chi connectivity index (χ1n) is 11.0. The van der Waals surface area contributed by atoms with Gasteiger partial charge < -0.3 is 19.7 Å². The van der Waals surface area contributed by atoms with Crippen molar-refractivity contribution in [2.75, 3.05) is 26.4 Å². The molecule has 1 saturated heterocycles. The summed E-state index contributed by atoms with van der Waals surface area (Å²) >= 11 is 0. The second kappa shape index (κ2) is 17.4. The average molecular weight is 405 g/mol. The Labute approximate surface area is 177 Å². The van der Waals surface area contributed by atoms with Crippen molar-refractivity contribution in [3.8, 4) is 0 Å². The fraction of sp³-hybridized carbons (Fsp3) is 0.600. The summed E-state index contributed by atoms with van der Waals surface area (Å²) in [5.74, 6) is 0. The van der Waals surface area contributed by atoms with Gasteiger partial charge in [-0.05, 0) is 51.4 Å². The average Bonchev–Trinajstić information content (AvgIpc) is 2.76. The highest BCUT2D eigenvalue weighted by Crippen LogP contribution is 2.25. The number of ether oxygens (including phenoxy) is 2. The van der Waals surface area contributed by atoms with E-state index in [4.69, 9.17) is 9.47 Å². The van der Waals surface area contributed by atoms with Crippen LogP contribution in [0.2, 0.25) is 0 Å². The van der Waals surface area contributed by atoms with Crippen molar-refractivity contribution >= 4 is 0 Å². The molecule has 0 atom stereocenters. The molecular formula is C25H40O4. The summed E-state index contributed by atoms with van der Waals surface area (Å²) in [6.07, 6.45) is 29.7. The van der Waals surface area contributed by atoms with Crippen molar-refractivity contribution in [2.45, 2.75) is 64.6 Å². The summed E-state index contributed by atoms with van der Waals surface area (Å²) in [5, 5.41) is 18.6. The van der Waals surface area contributed by atoms with E-state index in [9.17, 15) is 10.2 Å². The molecule has 1 fully saturated rings. The van der Waals surface area contributed by atoms with E-state index in [0.717, 1.165) is 51.4 Å². The molecule has 0 unspecified atom stereocenters. The molecule has 0 aromatic heterocycles. The van der Waals surface area contributed by atoms with E-state index in [1.54, 1.807) is 0 Å². The van der Waals surface area contributed by atoms with Crippen LogP contribution >= 0.6 is 0 Å². The molecule has 0 saturated carbocycles. The maximum absolute atomic E-state index is 9.32. The third kappa shape index (κ3) is 12.7. The fourth-order valence-corrected chi connectivity index (χ4v) is 2.80. The van der Waals surface area contributed by atoms with Crippen LogP contribution in [0.15, 0.2) is 60.8 Å². The third-order valence-electron chi connectivity index (χ3n) is 4.79. The molecule has 1 aliphatic rings. The monoisotopic (exact) mass is 404 g/mol. The first-order valence-corrected chi connectivity index (χ1v) is 11.0. The van der Waals surface area contributed by atoms with Gasteiger partial charge in [0.15, 0.2) is 6.29 Å². The van der Waals surface area contributed by atoms with Crippen LogP contribution < -0.4 is 0 Å². The molecule has 0 aliphatic carbocycles. The van der Waals surface area contributed by atoms with E-state index in [0.29, 0.717) is 13.2 Å². The first kappa shape index (κ1) is 25.6. The Morgan fingerprint density at radius 3 is 1.62 bits per heavy atom. The van der Waals surface area contributed by atoms with Gasteiger partial charge in [-0.3, -0.25) is 0 Å². The van der Waals surface area contributed by atoms with Crippen molar-refractivity contribution in [1.29, 1.82) is 0 Å². The van der Waals surface area contributed by atoms with Crippen molar-refractivity contribution in [2.24, 2.45) is 5.41 Å². The van der Waals surface area contributed by atoms with E-state index in [1.807, 2.05) is 0 Å². The quantitative estimate of drug-likeness (QED) is 0.289. The van der Waals surface area contributed by atoms with Crippen LogP contribution in [-0.2, 0) is 9.47 Å². The highest BCUT2D eigenvalue weighted by molar-refractivity contribution is 5.00. The highest BCUT2D eigenvalue weighted by atomic mass is 16.7. The van der Waals surface area contributed by atoms with Gasteiger partial charge in [0.25, 0.3) is 0 Å². The van der Waals surface area contributed by atoms with Crippen LogP contribution in [-0.4, -0.2) is 42.9 Å². The summed E-state index contributed by atoms with van der Waals surface area (Å²) in [6, 6.07) is 0. The van der Waals surface area contributed by atoms with Crippen LogP contribution in [0.4, 0.5) is 0 Å². The van der Waals surface area contributed by atoms with Gasteiger partial charge in [-0.15, -0.1) is 0 Å². The summed E-state index contributed by atoms with van der Waals surface area (Å²) in [7, 11) is 0. The minimum absolute atomic E-state index is 0.115. The Kier molecular flexibility index (Phi) is 15.3. The highest BCUT2D eigenvalue weighted by Gasteiger charge is 2.35. The molecule has 0 aromatic carbocycles. The molecule has 4 heteroatoms. The largest absolute Gasteiger partial charge is 0.396 e. The lowest BCUT2D eigenvalue weighted by molar-refractivity contribution is -0.245. The zero-order chi connectivity index (χ0) is 21.0. The first-order chi connectivity index (χ1) is 14.3. The molecule has 4 nitrogen and oxygen atoms in total. The molecular weight excluding hydrogens is 364 g/mol. The van der Waals surface area contributed by atoms with Gasteiger partial charge >= 0.3 is 0 Å². The predicted octanol–water partition coefficient (Wildman–Crippen LogP) is 5.25. The van der Waals surface area contributed by atoms with Crippen LogP contribution in [0.3, 0.4) is 0 Å². The minimum atomic E-state index is -0.638. The zero-order valence-electron chi connectivity index (χ0n) is 18.0. The Morgan fingerprint density at radius 2 is 1.17 bits per heavy atom. The SMILES string of the molecule is CC/C=C\C/C=C\C/C=C\C/C=C\C/C=C\CCCC1OCC(CO)(CO)CO1. The molecule has 29 heavy (non-hydrogen) atoms. The molecule has 164 valence electrons. The molecule has 1 aliphatic heterocycles. The smallest absolute Gasteiger partial charge is 0.157 e. The van der Waals surface area contributed by atoms with Gasteiger partial charge in [-0.25, -0.2) is 0 Å². The maximum Gasteiger partial charge on any atom is 0.157 e. The summed E-state index contributed by atoms with van der Waals surface area (Å²) in [6.45, 7) is 2.63. The lowest BCUT2D eigenvalue weighted by Gasteiger charge is -2.37. The van der Waals surface area contributed by atoms with Crippen LogP contribution in [0.1, 0.15) is 58.3 Å². The van der Waals surface area contributed by atoms with Gasteiger partial charge in [0.05, 0.1) is 31.8 Å². The standard InChI is InChI=1S/C25H40O4/c1-2-3-4-5-6-7-8-9-10-11-12-13-14-15-16-17-18-19-24-28-22-25(20-26,21-27)23-29-24/h3-4,6-7,9-10,12-13,15-16,24,26-27H,2,5,8,11,14,17-23H2,1H3/b4-3-,7-6-,10-9-,13-12-,16-15-. The molecule has 0 spiro atoms. The summed E-state index contributed by atoms with van der Waals surface area (Å²) in [4.78, 5) is 0.